The first-order valence-corrected chi connectivity index (χ1v) is 11.3. The van der Waals surface area contributed by atoms with E-state index in [0.717, 1.165) is 62.2 Å². The summed E-state index contributed by atoms with van der Waals surface area (Å²) in [7, 11) is 1.66. The van der Waals surface area contributed by atoms with E-state index in [0.29, 0.717) is 24.0 Å². The Kier molecular flexibility index (Phi) is 7.08. The summed E-state index contributed by atoms with van der Waals surface area (Å²) in [4.78, 5) is 7.15. The Bertz CT molecular complexity index is 845. The van der Waals surface area contributed by atoms with Crippen molar-refractivity contribution in [2.75, 3.05) is 46.6 Å². The van der Waals surface area contributed by atoms with Gasteiger partial charge in [0.2, 0.25) is 0 Å². The molecule has 6 heteroatoms. The molecule has 2 aliphatic rings. The van der Waals surface area contributed by atoms with Gasteiger partial charge in [0.1, 0.15) is 12.7 Å². The molecule has 0 spiro atoms. The van der Waals surface area contributed by atoms with Crippen LogP contribution in [0.3, 0.4) is 0 Å². The highest BCUT2D eigenvalue weighted by Crippen LogP contribution is 2.38. The Balaban J connectivity index is 1.58. The molecule has 4 rings (SSSR count). The minimum Gasteiger partial charge on any atom is -0.493 e. The lowest BCUT2D eigenvalue weighted by atomic mass is 9.88. The number of aryl methyl sites for hydroxylation is 1. The molecule has 1 atom stereocenters. The first-order chi connectivity index (χ1) is 14.7. The summed E-state index contributed by atoms with van der Waals surface area (Å²) in [6, 6.07) is 6.27. The molecule has 0 radical (unpaired) electrons. The molecule has 1 aromatic heterocycles. The number of likely N-dealkylation sites (tertiary alicyclic amines) is 1. The van der Waals surface area contributed by atoms with Crippen LogP contribution in [-0.4, -0.2) is 67.7 Å². The molecule has 3 heterocycles. The summed E-state index contributed by atoms with van der Waals surface area (Å²) in [6.07, 6.45) is 4.87. The lowest BCUT2D eigenvalue weighted by Crippen LogP contribution is -2.33. The van der Waals surface area contributed by atoms with Crippen LogP contribution < -0.4 is 9.47 Å². The van der Waals surface area contributed by atoms with Crippen molar-refractivity contribution in [2.24, 2.45) is 0 Å². The summed E-state index contributed by atoms with van der Waals surface area (Å²) < 4.78 is 17.2. The maximum absolute atomic E-state index is 10.4. The van der Waals surface area contributed by atoms with Gasteiger partial charge in [-0.3, -0.25) is 4.98 Å². The number of ether oxygens (including phenoxy) is 3. The number of nitrogens with zero attached hydrogens (tertiary/aromatic N) is 2. The van der Waals surface area contributed by atoms with E-state index >= 15 is 0 Å². The van der Waals surface area contributed by atoms with E-state index in [2.05, 4.69) is 24.0 Å². The number of β-amino-alcohol motifs (C(OH)–C–C–N with tert-alkyl or cyclic N) is 1. The molecule has 2 aliphatic heterocycles. The van der Waals surface area contributed by atoms with Crippen molar-refractivity contribution in [1.82, 2.24) is 9.88 Å². The maximum Gasteiger partial charge on any atom is 0.163 e. The van der Waals surface area contributed by atoms with Crippen molar-refractivity contribution < 1.29 is 19.3 Å². The molecule has 2 fully saturated rings. The third kappa shape index (κ3) is 4.88. The zero-order chi connectivity index (χ0) is 20.9. The number of hydrogen-bond acceptors (Lipinski definition) is 6. The summed E-state index contributed by atoms with van der Waals surface area (Å²) >= 11 is 0. The van der Waals surface area contributed by atoms with E-state index in [1.54, 1.807) is 7.11 Å². The van der Waals surface area contributed by atoms with Gasteiger partial charge in [0.05, 0.1) is 12.6 Å². The molecule has 0 aliphatic carbocycles. The van der Waals surface area contributed by atoms with Crippen LogP contribution in [0.25, 0.3) is 10.9 Å². The molecule has 1 aromatic carbocycles. The molecule has 6 nitrogen and oxygen atoms in total. The standard InChI is InChI=1S/C24H34N2O4/c1-3-18-12-20(17-6-10-29-11-7-17)21-13-23(28-2)24(14-22(21)25-18)30-16-19(27)15-26-8-4-5-9-26/h12-14,17,19,27H,3-11,15-16H2,1-2H3/t19-/m1/s1. The van der Waals surface area contributed by atoms with Crippen LogP contribution >= 0.6 is 0 Å². The summed E-state index contributed by atoms with van der Waals surface area (Å²) in [5, 5.41) is 11.5. The fourth-order valence-electron chi connectivity index (χ4n) is 4.62. The molecule has 0 saturated carbocycles. The minimum absolute atomic E-state index is 0.249. The zero-order valence-corrected chi connectivity index (χ0v) is 18.2. The van der Waals surface area contributed by atoms with Gasteiger partial charge in [-0.05, 0) is 68.8 Å². The van der Waals surface area contributed by atoms with Gasteiger partial charge in [-0.15, -0.1) is 0 Å². The number of hydrogen-bond donors (Lipinski definition) is 1. The molecule has 2 saturated heterocycles. The third-order valence-electron chi connectivity index (χ3n) is 6.30. The quantitative estimate of drug-likeness (QED) is 0.713. The predicted octanol–water partition coefficient (Wildman–Crippen LogP) is 3.54. The molecule has 0 amide bonds. The number of aromatic nitrogens is 1. The van der Waals surface area contributed by atoms with E-state index in [4.69, 9.17) is 19.2 Å². The lowest BCUT2D eigenvalue weighted by Gasteiger charge is -2.25. The van der Waals surface area contributed by atoms with Gasteiger partial charge in [0.15, 0.2) is 11.5 Å². The average Bonchev–Trinajstić information content (AvgIpc) is 3.29. The SMILES string of the molecule is CCc1cc(C2CCOCC2)c2cc(OC)c(OC[C@H](O)CN3CCCC3)cc2n1. The van der Waals surface area contributed by atoms with Gasteiger partial charge in [-0.25, -0.2) is 0 Å². The van der Waals surface area contributed by atoms with Crippen molar-refractivity contribution in [1.29, 1.82) is 0 Å². The second-order valence-electron chi connectivity index (χ2n) is 8.44. The lowest BCUT2D eigenvalue weighted by molar-refractivity contribution is 0.0747. The van der Waals surface area contributed by atoms with Crippen molar-refractivity contribution >= 4 is 10.9 Å². The fraction of sp³-hybridized carbons (Fsp3) is 0.625. The van der Waals surface area contributed by atoms with Crippen LogP contribution in [-0.2, 0) is 11.2 Å². The Morgan fingerprint density at radius 3 is 2.63 bits per heavy atom. The van der Waals surface area contributed by atoms with Crippen LogP contribution in [0.5, 0.6) is 11.5 Å². The van der Waals surface area contributed by atoms with Crippen LogP contribution in [0.1, 0.15) is 49.8 Å². The third-order valence-corrected chi connectivity index (χ3v) is 6.30. The highest BCUT2D eigenvalue weighted by molar-refractivity contribution is 5.86. The monoisotopic (exact) mass is 414 g/mol. The van der Waals surface area contributed by atoms with E-state index in [1.807, 2.05) is 6.07 Å². The van der Waals surface area contributed by atoms with Crippen LogP contribution in [0, 0.1) is 0 Å². The first kappa shape index (κ1) is 21.3. The molecule has 0 unspecified atom stereocenters. The van der Waals surface area contributed by atoms with Crippen molar-refractivity contribution in [2.45, 2.75) is 51.0 Å². The number of benzene rings is 1. The Hall–Kier alpha value is -1.89. The van der Waals surface area contributed by atoms with E-state index in [-0.39, 0.29) is 6.61 Å². The fourth-order valence-corrected chi connectivity index (χ4v) is 4.62. The summed E-state index contributed by atoms with van der Waals surface area (Å²) in [5.41, 5.74) is 3.36. The number of methoxy groups -OCH3 is 1. The van der Waals surface area contributed by atoms with Crippen LogP contribution in [0.4, 0.5) is 0 Å². The van der Waals surface area contributed by atoms with Gasteiger partial charge >= 0.3 is 0 Å². The summed E-state index contributed by atoms with van der Waals surface area (Å²) in [6.45, 7) is 6.79. The molecule has 1 N–H and O–H groups in total. The Morgan fingerprint density at radius 1 is 1.17 bits per heavy atom. The smallest absolute Gasteiger partial charge is 0.163 e. The second-order valence-corrected chi connectivity index (χ2v) is 8.44. The second kappa shape index (κ2) is 9.94. The number of fused-ring (bicyclic) bond motifs is 1. The highest BCUT2D eigenvalue weighted by Gasteiger charge is 2.22. The van der Waals surface area contributed by atoms with Crippen molar-refractivity contribution in [3.63, 3.8) is 0 Å². The largest absolute Gasteiger partial charge is 0.493 e. The van der Waals surface area contributed by atoms with Gasteiger partial charge in [0, 0.05) is 36.9 Å². The number of aliphatic hydroxyl groups excluding tert-OH is 1. The number of pyridine rings is 1. The van der Waals surface area contributed by atoms with Crippen LogP contribution in [0.2, 0.25) is 0 Å². The number of aliphatic hydroxyl groups is 1. The van der Waals surface area contributed by atoms with Crippen molar-refractivity contribution in [3.05, 3.63) is 29.5 Å². The average molecular weight is 415 g/mol. The topological polar surface area (TPSA) is 64.1 Å². The predicted molar refractivity (Wildman–Crippen MR) is 118 cm³/mol. The maximum atomic E-state index is 10.4. The number of rotatable bonds is 8. The molecule has 0 bridgehead atoms. The van der Waals surface area contributed by atoms with Gasteiger partial charge in [-0.1, -0.05) is 6.92 Å². The zero-order valence-electron chi connectivity index (χ0n) is 18.2. The molecular formula is C24H34N2O4. The Labute approximate surface area is 179 Å². The normalized spacial score (nSPS) is 19.3. The minimum atomic E-state index is -0.517. The summed E-state index contributed by atoms with van der Waals surface area (Å²) in [5.74, 6) is 1.81. The highest BCUT2D eigenvalue weighted by atomic mass is 16.5. The van der Waals surface area contributed by atoms with Gasteiger partial charge in [0.25, 0.3) is 0 Å². The Morgan fingerprint density at radius 2 is 1.93 bits per heavy atom. The van der Waals surface area contributed by atoms with Gasteiger partial charge < -0.3 is 24.2 Å². The molecule has 2 aromatic rings. The molecule has 30 heavy (non-hydrogen) atoms. The van der Waals surface area contributed by atoms with Crippen molar-refractivity contribution in [3.8, 4) is 11.5 Å². The first-order valence-electron chi connectivity index (χ1n) is 11.3. The van der Waals surface area contributed by atoms with E-state index in [9.17, 15) is 5.11 Å². The van der Waals surface area contributed by atoms with Gasteiger partial charge in [-0.2, -0.15) is 0 Å². The molecule has 164 valence electrons. The van der Waals surface area contributed by atoms with E-state index in [1.165, 1.54) is 18.4 Å². The molecular weight excluding hydrogens is 380 g/mol. The van der Waals surface area contributed by atoms with E-state index < -0.39 is 6.10 Å². The van der Waals surface area contributed by atoms with Crippen LogP contribution in [0.15, 0.2) is 18.2 Å².